The van der Waals surface area contributed by atoms with Crippen LogP contribution >= 0.6 is 0 Å². The highest BCUT2D eigenvalue weighted by molar-refractivity contribution is 6.03. The predicted molar refractivity (Wildman–Crippen MR) is 287 cm³/mol. The van der Waals surface area contributed by atoms with Crippen molar-refractivity contribution in [2.75, 3.05) is 33.0 Å². The van der Waals surface area contributed by atoms with E-state index in [0.29, 0.717) is 60.9 Å². The summed E-state index contributed by atoms with van der Waals surface area (Å²) in [5.41, 5.74) is 3.21. The molecule has 0 bridgehead atoms. The van der Waals surface area contributed by atoms with E-state index in [1.54, 1.807) is 23.1 Å². The number of nitro groups is 1. The van der Waals surface area contributed by atoms with Crippen molar-refractivity contribution in [3.05, 3.63) is 130 Å². The number of hydrogen-bond donors (Lipinski definition) is 2. The minimum absolute atomic E-state index is 0.0142. The van der Waals surface area contributed by atoms with E-state index in [1.807, 2.05) is 43.3 Å². The van der Waals surface area contributed by atoms with Gasteiger partial charge in [0.15, 0.2) is 0 Å². The van der Waals surface area contributed by atoms with Gasteiger partial charge in [-0.15, -0.1) is 6.58 Å². The number of nitrogens with zero attached hydrogens (tertiary/aromatic N) is 3. The van der Waals surface area contributed by atoms with Crippen LogP contribution in [0.15, 0.2) is 114 Å². The zero-order valence-electron chi connectivity index (χ0n) is 43.3. The van der Waals surface area contributed by atoms with Crippen LogP contribution in [0.4, 0.5) is 10.5 Å². The molecule has 4 aromatic carbocycles. The van der Waals surface area contributed by atoms with Gasteiger partial charge in [-0.1, -0.05) is 132 Å². The molecular weight excluding hydrogens is 923 g/mol. The summed E-state index contributed by atoms with van der Waals surface area (Å²) in [6, 6.07) is 25.7. The summed E-state index contributed by atoms with van der Waals surface area (Å²) in [6.45, 7) is 9.38. The number of unbranched alkanes of at least 4 members (excludes halogenated alkanes) is 11. The lowest BCUT2D eigenvalue weighted by Crippen LogP contribution is -2.70. The highest BCUT2D eigenvalue weighted by atomic mass is 16.7. The lowest BCUT2D eigenvalue weighted by atomic mass is 9.55. The summed E-state index contributed by atoms with van der Waals surface area (Å²) in [7, 11) is 0. The van der Waals surface area contributed by atoms with E-state index < -0.39 is 28.8 Å². The monoisotopic (exact) mass is 1000 g/mol. The van der Waals surface area contributed by atoms with Crippen LogP contribution in [0, 0.1) is 27.9 Å². The fourth-order valence-corrected chi connectivity index (χ4v) is 11.4. The first-order chi connectivity index (χ1) is 35.7. The van der Waals surface area contributed by atoms with E-state index in [1.165, 1.54) is 57.1 Å². The van der Waals surface area contributed by atoms with Crippen molar-refractivity contribution in [3.8, 4) is 17.2 Å². The van der Waals surface area contributed by atoms with Gasteiger partial charge in [0.2, 0.25) is 5.79 Å². The summed E-state index contributed by atoms with van der Waals surface area (Å²) >= 11 is 0. The second-order valence-electron chi connectivity index (χ2n) is 20.1. The quantitative estimate of drug-likeness (QED) is 0.0215. The van der Waals surface area contributed by atoms with Crippen molar-refractivity contribution >= 4 is 28.3 Å². The fraction of sp³-hybridized carbons (Fsp3) is 0.533. The smallest absolute Gasteiger partial charge is 0.410 e. The van der Waals surface area contributed by atoms with Crippen molar-refractivity contribution in [1.82, 2.24) is 4.90 Å². The highest BCUT2D eigenvalue weighted by Crippen LogP contribution is 2.62. The number of allylic oxidation sites excluding steroid dienone is 1. The molecule has 6 atom stereocenters. The molecule has 1 saturated carbocycles. The van der Waals surface area contributed by atoms with Gasteiger partial charge in [-0.2, -0.15) is 0 Å². The second kappa shape index (κ2) is 28.1. The number of carbonyl (C=O) groups excluding carboxylic acids is 1. The lowest BCUT2D eigenvalue weighted by molar-refractivity contribution is -0.384. The maximum atomic E-state index is 14.8. The molecule has 13 nitrogen and oxygen atoms in total. The van der Waals surface area contributed by atoms with Crippen molar-refractivity contribution < 1.29 is 43.7 Å². The molecule has 1 fully saturated rings. The molecular formula is C60H79N3O10. The Morgan fingerprint density at radius 3 is 2.22 bits per heavy atom. The number of hydrogen-bond acceptors (Lipinski definition) is 11. The molecule has 0 radical (unpaired) electrons. The number of non-ortho nitro benzene ring substituents is 1. The van der Waals surface area contributed by atoms with E-state index >= 15 is 0 Å². The molecule has 1 amide bonds. The Kier molecular flexibility index (Phi) is 21.1. The van der Waals surface area contributed by atoms with Crippen LogP contribution < -0.4 is 9.47 Å². The van der Waals surface area contributed by atoms with Crippen molar-refractivity contribution in [1.29, 1.82) is 0 Å². The molecule has 3 aliphatic rings. The zero-order valence-corrected chi connectivity index (χ0v) is 43.3. The highest BCUT2D eigenvalue weighted by Gasteiger charge is 2.65. The minimum Gasteiger partial charge on any atom is -0.459 e. The van der Waals surface area contributed by atoms with Gasteiger partial charge in [0.1, 0.15) is 29.9 Å². The Hall–Kier alpha value is -5.76. The third-order valence-corrected chi connectivity index (χ3v) is 15.0. The van der Waals surface area contributed by atoms with E-state index in [2.05, 4.69) is 43.8 Å². The molecule has 0 aromatic heterocycles. The Labute approximate surface area is 432 Å². The number of amides is 1. The van der Waals surface area contributed by atoms with Gasteiger partial charge in [0, 0.05) is 49.8 Å². The lowest BCUT2D eigenvalue weighted by Gasteiger charge is -2.59. The Bertz CT molecular complexity index is 2460. The SMILES string of the molecule is C=CCO[C@@]12Oc3ccc(Oc4ccc5ccccc5c4)cc3[C@H]3[C@H](CCCCO)[C@@H](CCCCO)C=C(C(=NOCc4ccc([N+](=O)[O-])cc4)C[C@@H]1N(CCC)C(=O)OCCCCCCCCCCCC)[C@H]32. The summed E-state index contributed by atoms with van der Waals surface area (Å²) in [4.78, 5) is 33.8. The number of rotatable bonds is 31. The first kappa shape index (κ1) is 55.0. The number of oxime groups is 1. The molecule has 13 heteroatoms. The molecule has 394 valence electrons. The minimum atomic E-state index is -1.44. The Balaban J connectivity index is 1.30. The third kappa shape index (κ3) is 14.1. The van der Waals surface area contributed by atoms with Crippen molar-refractivity contribution in [3.63, 3.8) is 0 Å². The molecule has 4 aromatic rings. The van der Waals surface area contributed by atoms with Crippen LogP contribution in [-0.2, 0) is 20.9 Å². The van der Waals surface area contributed by atoms with Crippen LogP contribution in [0.5, 0.6) is 17.2 Å². The van der Waals surface area contributed by atoms with Gasteiger partial charge >= 0.3 is 6.09 Å². The number of aliphatic hydroxyl groups is 2. The third-order valence-electron chi connectivity index (χ3n) is 15.0. The van der Waals surface area contributed by atoms with Gasteiger partial charge in [-0.3, -0.25) is 15.0 Å². The normalized spacial score (nSPS) is 21.4. The molecule has 0 unspecified atom stereocenters. The molecule has 7 rings (SSSR count). The van der Waals surface area contributed by atoms with E-state index in [-0.39, 0.29) is 56.3 Å². The van der Waals surface area contributed by atoms with Gasteiger partial charge < -0.3 is 34.0 Å². The summed E-state index contributed by atoms with van der Waals surface area (Å²) < 4.78 is 27.5. The average molecular weight is 1000 g/mol. The predicted octanol–water partition coefficient (Wildman–Crippen LogP) is 14.1. The topological polar surface area (TPSA) is 162 Å². The molecule has 73 heavy (non-hydrogen) atoms. The van der Waals surface area contributed by atoms with Gasteiger partial charge in [0.25, 0.3) is 5.69 Å². The van der Waals surface area contributed by atoms with Crippen LogP contribution in [-0.4, -0.2) is 76.6 Å². The Morgan fingerprint density at radius 1 is 0.836 bits per heavy atom. The van der Waals surface area contributed by atoms with E-state index in [4.69, 9.17) is 28.9 Å². The van der Waals surface area contributed by atoms with Gasteiger partial charge in [-0.25, -0.2) is 4.79 Å². The molecule has 1 aliphatic heterocycles. The second-order valence-corrected chi connectivity index (χ2v) is 20.1. The number of nitro benzene ring substituents is 1. The molecule has 0 saturated heterocycles. The largest absolute Gasteiger partial charge is 0.459 e. The molecule has 1 heterocycles. The molecule has 2 N–H and O–H groups in total. The van der Waals surface area contributed by atoms with E-state index in [0.717, 1.165) is 66.9 Å². The summed E-state index contributed by atoms with van der Waals surface area (Å²) in [5.74, 6) is -0.167. The summed E-state index contributed by atoms with van der Waals surface area (Å²) in [6.07, 6.45) is 20.6. The number of benzene rings is 4. The maximum Gasteiger partial charge on any atom is 0.410 e. The number of ether oxygens (including phenoxy) is 4. The standard InChI is InChI=1S/C60H79N3O10/c1-4-7-8-9-10-11-12-13-14-21-38-69-59(66)62(34-5-2)56-42-54(61-71-43-44-26-29-48(30-27-44)63(67)68)52-40-47(24-17-19-35-64)51(25-18-20-36-65)57-53-41-50(72-49-31-28-45-22-15-16-23-46(45)39-49)32-33-55(53)73-60(56,58(52)57)70-37-6-3/h6,15-16,22-23,26-33,39-41,47,51,56-58,64-65H,3-5,7-14,17-21,24-25,34-38,42-43H2,1-2H3/t47-,51+,56-,57+,58+,60+/m0/s1. The molecule has 2 aliphatic carbocycles. The average Bonchev–Trinajstić information content (AvgIpc) is 3.40. The number of fused-ring (bicyclic) bond motifs is 3. The first-order valence-electron chi connectivity index (χ1n) is 27.3. The van der Waals surface area contributed by atoms with Crippen molar-refractivity contribution in [2.45, 2.75) is 154 Å². The van der Waals surface area contributed by atoms with E-state index in [9.17, 15) is 25.1 Å². The summed E-state index contributed by atoms with van der Waals surface area (Å²) in [5, 5.41) is 38.7. The van der Waals surface area contributed by atoms with Crippen LogP contribution in [0.1, 0.15) is 146 Å². The fourth-order valence-electron chi connectivity index (χ4n) is 11.4. The Morgan fingerprint density at radius 2 is 1.52 bits per heavy atom. The first-order valence-corrected chi connectivity index (χ1v) is 27.3. The number of aliphatic hydroxyl groups excluding tert-OH is 2. The van der Waals surface area contributed by atoms with Crippen LogP contribution in [0.3, 0.4) is 0 Å². The van der Waals surface area contributed by atoms with Gasteiger partial charge in [-0.05, 0) is 115 Å². The zero-order chi connectivity index (χ0) is 51.4. The molecule has 0 spiro atoms. The number of carbonyl (C=O) groups is 1. The maximum absolute atomic E-state index is 14.8. The van der Waals surface area contributed by atoms with Crippen LogP contribution in [0.2, 0.25) is 0 Å². The van der Waals surface area contributed by atoms with Crippen molar-refractivity contribution in [2.24, 2.45) is 22.9 Å². The van der Waals surface area contributed by atoms with Crippen LogP contribution in [0.25, 0.3) is 10.8 Å². The van der Waals surface area contributed by atoms with Gasteiger partial charge in [0.05, 0.1) is 29.8 Å².